The zero-order valence-electron chi connectivity index (χ0n) is 23.7. The van der Waals surface area contributed by atoms with Gasteiger partial charge in [-0.2, -0.15) is 0 Å². The molecule has 1 aromatic heterocycles. The molecule has 0 bridgehead atoms. The van der Waals surface area contributed by atoms with E-state index in [1.807, 2.05) is 28.1 Å². The van der Waals surface area contributed by atoms with E-state index in [1.54, 1.807) is 14.2 Å². The Morgan fingerprint density at radius 2 is 1.90 bits per heavy atom. The molecule has 1 unspecified atom stereocenters. The number of carbonyl (C=O) groups excluding carboxylic acids is 1. The molecular formula is C32H40N4O3. The van der Waals surface area contributed by atoms with Gasteiger partial charge in [0.25, 0.3) is 0 Å². The average Bonchev–Trinajstić information content (AvgIpc) is 3.13. The van der Waals surface area contributed by atoms with E-state index in [-0.39, 0.29) is 11.9 Å². The highest BCUT2D eigenvalue weighted by atomic mass is 16.5. The van der Waals surface area contributed by atoms with Crippen LogP contribution in [0.25, 0.3) is 10.9 Å². The van der Waals surface area contributed by atoms with E-state index in [0.29, 0.717) is 19.6 Å². The molecule has 7 heteroatoms. The molecule has 1 saturated heterocycles. The Labute approximate surface area is 232 Å². The summed E-state index contributed by atoms with van der Waals surface area (Å²) in [6.45, 7) is 8.79. The van der Waals surface area contributed by atoms with Crippen LogP contribution in [0.2, 0.25) is 0 Å². The molecule has 3 aromatic rings. The Kier molecular flexibility index (Phi) is 8.36. The fourth-order valence-corrected chi connectivity index (χ4v) is 6.02. The molecule has 3 heterocycles. The third-order valence-electron chi connectivity index (χ3n) is 8.14. The smallest absolute Gasteiger partial charge is 0.324 e. The van der Waals surface area contributed by atoms with E-state index in [4.69, 9.17) is 9.47 Å². The number of hydrogen-bond acceptors (Lipinski definition) is 5. The average molecular weight is 529 g/mol. The number of nitrogens with zero attached hydrogens (tertiary/aromatic N) is 4. The number of amides is 2. The molecule has 0 spiro atoms. The molecule has 0 N–H and O–H groups in total. The van der Waals surface area contributed by atoms with Crippen LogP contribution < -0.4 is 9.47 Å². The summed E-state index contributed by atoms with van der Waals surface area (Å²) in [5.41, 5.74) is 5.68. The number of aromatic nitrogens is 1. The minimum atomic E-state index is 0.0736. The number of methoxy groups -OCH3 is 2. The molecule has 2 aliphatic rings. The van der Waals surface area contributed by atoms with Gasteiger partial charge < -0.3 is 14.4 Å². The molecule has 39 heavy (non-hydrogen) atoms. The fourth-order valence-electron chi connectivity index (χ4n) is 6.02. The van der Waals surface area contributed by atoms with Crippen LogP contribution in [-0.2, 0) is 13.1 Å². The largest absolute Gasteiger partial charge is 0.497 e. The Bertz CT molecular complexity index is 1350. The molecule has 7 nitrogen and oxygen atoms in total. The van der Waals surface area contributed by atoms with Crippen molar-refractivity contribution < 1.29 is 14.3 Å². The van der Waals surface area contributed by atoms with Crippen LogP contribution >= 0.6 is 0 Å². The fraction of sp³-hybridized carbons (Fsp3) is 0.438. The summed E-state index contributed by atoms with van der Waals surface area (Å²) < 4.78 is 11.4. The second-order valence-electron chi connectivity index (χ2n) is 10.4. The van der Waals surface area contributed by atoms with Gasteiger partial charge in [-0.25, -0.2) is 4.79 Å². The molecule has 2 amide bonds. The second-order valence-corrected chi connectivity index (χ2v) is 10.4. The third kappa shape index (κ3) is 5.59. The monoisotopic (exact) mass is 528 g/mol. The topological polar surface area (TPSA) is 58.1 Å². The lowest BCUT2D eigenvalue weighted by Gasteiger charge is -2.35. The number of likely N-dealkylation sites (N-methyl/N-ethyl adjacent to an activating group) is 1. The Morgan fingerprint density at radius 3 is 2.67 bits per heavy atom. The number of urea groups is 1. The van der Waals surface area contributed by atoms with Crippen molar-refractivity contribution in [2.45, 2.75) is 52.1 Å². The van der Waals surface area contributed by atoms with Gasteiger partial charge in [0.1, 0.15) is 11.5 Å². The van der Waals surface area contributed by atoms with Gasteiger partial charge in [0.15, 0.2) is 0 Å². The van der Waals surface area contributed by atoms with Crippen LogP contribution in [0, 0.1) is 0 Å². The van der Waals surface area contributed by atoms with Crippen molar-refractivity contribution in [3.05, 3.63) is 77.1 Å². The van der Waals surface area contributed by atoms with Crippen molar-refractivity contribution in [2.24, 2.45) is 0 Å². The number of benzene rings is 2. The highest BCUT2D eigenvalue weighted by molar-refractivity contribution is 5.82. The van der Waals surface area contributed by atoms with Crippen molar-refractivity contribution in [3.63, 3.8) is 0 Å². The van der Waals surface area contributed by atoms with Gasteiger partial charge in [0, 0.05) is 61.0 Å². The Hall–Kier alpha value is -3.58. The second kappa shape index (κ2) is 12.1. The van der Waals surface area contributed by atoms with Crippen molar-refractivity contribution >= 4 is 16.9 Å². The lowest BCUT2D eigenvalue weighted by molar-refractivity contribution is 0.146. The van der Waals surface area contributed by atoms with Crippen LogP contribution in [0.4, 0.5) is 4.79 Å². The first-order valence-electron chi connectivity index (χ1n) is 14.1. The van der Waals surface area contributed by atoms with E-state index in [0.717, 1.165) is 72.7 Å². The first-order valence-corrected chi connectivity index (χ1v) is 14.1. The van der Waals surface area contributed by atoms with Crippen molar-refractivity contribution in [1.82, 2.24) is 19.7 Å². The quantitative estimate of drug-likeness (QED) is 0.382. The van der Waals surface area contributed by atoms with Gasteiger partial charge in [0.2, 0.25) is 0 Å². The molecule has 206 valence electrons. The number of pyridine rings is 1. The maximum atomic E-state index is 14.1. The van der Waals surface area contributed by atoms with Gasteiger partial charge in [-0.1, -0.05) is 31.2 Å². The van der Waals surface area contributed by atoms with E-state index in [1.165, 1.54) is 10.9 Å². The summed E-state index contributed by atoms with van der Waals surface area (Å²) in [6, 6.07) is 14.6. The van der Waals surface area contributed by atoms with Crippen LogP contribution in [0.3, 0.4) is 0 Å². The lowest BCUT2D eigenvalue weighted by Crippen LogP contribution is -2.46. The van der Waals surface area contributed by atoms with Crippen molar-refractivity contribution in [3.8, 4) is 11.5 Å². The molecule has 5 rings (SSSR count). The summed E-state index contributed by atoms with van der Waals surface area (Å²) in [4.78, 5) is 25.1. The molecule has 1 atom stereocenters. The summed E-state index contributed by atoms with van der Waals surface area (Å²) in [5.74, 6) is 1.75. The van der Waals surface area contributed by atoms with E-state index < -0.39 is 0 Å². The Morgan fingerprint density at radius 1 is 1.03 bits per heavy atom. The maximum Gasteiger partial charge on any atom is 0.324 e. The number of carbonyl (C=O) groups is 1. The van der Waals surface area contributed by atoms with Gasteiger partial charge in [-0.05, 0) is 62.1 Å². The molecule has 0 aliphatic carbocycles. The molecule has 2 aromatic carbocycles. The lowest BCUT2D eigenvalue weighted by atomic mass is 9.90. The minimum absolute atomic E-state index is 0.0736. The van der Waals surface area contributed by atoms with E-state index >= 15 is 0 Å². The number of fused-ring (bicyclic) bond motifs is 3. The molecule has 0 radical (unpaired) electrons. The molecule has 2 aliphatic heterocycles. The first kappa shape index (κ1) is 27.0. The van der Waals surface area contributed by atoms with Crippen LogP contribution in [0.1, 0.15) is 55.7 Å². The number of allylic oxidation sites excluding steroid dienone is 2. The third-order valence-corrected chi connectivity index (χ3v) is 8.14. The van der Waals surface area contributed by atoms with Gasteiger partial charge in [0.05, 0.1) is 26.3 Å². The highest BCUT2D eigenvalue weighted by Gasteiger charge is 2.31. The van der Waals surface area contributed by atoms with E-state index in [2.05, 4.69) is 60.1 Å². The highest BCUT2D eigenvalue weighted by Crippen LogP contribution is 2.41. The van der Waals surface area contributed by atoms with Gasteiger partial charge >= 0.3 is 6.03 Å². The van der Waals surface area contributed by atoms with Crippen LogP contribution in [0.15, 0.2) is 60.4 Å². The van der Waals surface area contributed by atoms with Gasteiger partial charge in [-0.15, -0.1) is 0 Å². The normalized spacial score (nSPS) is 18.7. The van der Waals surface area contributed by atoms with Gasteiger partial charge in [-0.3, -0.25) is 14.8 Å². The van der Waals surface area contributed by atoms with E-state index in [9.17, 15) is 4.79 Å². The van der Waals surface area contributed by atoms with Crippen LogP contribution in [0.5, 0.6) is 11.5 Å². The summed E-state index contributed by atoms with van der Waals surface area (Å²) in [5, 5.41) is 1.20. The maximum absolute atomic E-state index is 14.1. The minimum Gasteiger partial charge on any atom is -0.497 e. The molecule has 0 saturated carbocycles. The predicted molar refractivity (Wildman–Crippen MR) is 155 cm³/mol. The van der Waals surface area contributed by atoms with Crippen molar-refractivity contribution in [2.75, 3.05) is 40.4 Å². The number of rotatable bonds is 6. The number of ether oxygens (including phenoxy) is 2. The van der Waals surface area contributed by atoms with Crippen LogP contribution in [-0.4, -0.2) is 66.1 Å². The summed E-state index contributed by atoms with van der Waals surface area (Å²) >= 11 is 0. The summed E-state index contributed by atoms with van der Waals surface area (Å²) in [7, 11) is 3.38. The predicted octanol–water partition coefficient (Wildman–Crippen LogP) is 6.18. The SMILES string of the molecule is CCC1C=C2CCCN(Cc3cccc4ncccc34)CCN(CC)C(=O)N2Cc2cc(OC)cc(OC)c21. The molecule has 1 fully saturated rings. The first-order chi connectivity index (χ1) is 19.1. The summed E-state index contributed by atoms with van der Waals surface area (Å²) in [6.07, 6.45) is 6.92. The Balaban J connectivity index is 1.45. The zero-order valence-corrected chi connectivity index (χ0v) is 23.7. The number of hydrogen-bond donors (Lipinski definition) is 0. The van der Waals surface area contributed by atoms with Crippen molar-refractivity contribution in [1.29, 1.82) is 0 Å². The zero-order chi connectivity index (χ0) is 27.4. The standard InChI is InChI=1S/C32H40N4O3/c1-5-23-18-26-11-9-15-34(21-24-10-7-13-29-28(24)12-8-14-33-29)16-17-35(6-2)32(37)36(26)22-25-19-27(38-3)20-30(39-4)31(23)25/h7-8,10,12-14,18-20,23H,5-6,9,11,15-17,21-22H2,1-4H3. The molecular weight excluding hydrogens is 488 g/mol.